The average Bonchev–Trinajstić information content (AvgIpc) is 2.90. The molecule has 6 nitrogen and oxygen atoms in total. The first kappa shape index (κ1) is 26.7. The van der Waals surface area contributed by atoms with Gasteiger partial charge in [-0.05, 0) is 49.4 Å². The van der Waals surface area contributed by atoms with E-state index in [1.54, 1.807) is 55.5 Å². The van der Waals surface area contributed by atoms with Crippen molar-refractivity contribution in [2.75, 3.05) is 4.31 Å². The Kier molecular flexibility index (Phi) is 7.90. The van der Waals surface area contributed by atoms with Crippen LogP contribution in [0.4, 0.5) is 5.69 Å². The van der Waals surface area contributed by atoms with E-state index in [-0.39, 0.29) is 42.5 Å². The van der Waals surface area contributed by atoms with E-state index in [0.717, 1.165) is 11.6 Å². The first-order chi connectivity index (χ1) is 17.6. The van der Waals surface area contributed by atoms with Gasteiger partial charge in [-0.1, -0.05) is 88.9 Å². The molecular formula is C27H18Cl3NO5S. The quantitative estimate of drug-likeness (QED) is 0.138. The van der Waals surface area contributed by atoms with Gasteiger partial charge in [0.15, 0.2) is 5.75 Å². The number of halogens is 3. The van der Waals surface area contributed by atoms with Gasteiger partial charge in [0.2, 0.25) is 0 Å². The average molecular weight is 575 g/mol. The molecule has 0 heterocycles. The molecule has 0 spiro atoms. The molecule has 1 amide bonds. The van der Waals surface area contributed by atoms with Crippen LogP contribution < -0.4 is 9.04 Å². The molecular weight excluding hydrogens is 557 g/mol. The topological polar surface area (TPSA) is 80.8 Å². The van der Waals surface area contributed by atoms with Gasteiger partial charge in [0.05, 0.1) is 26.2 Å². The lowest BCUT2D eigenvalue weighted by molar-refractivity contribution is 0.0734. The van der Waals surface area contributed by atoms with Crippen molar-refractivity contribution >= 4 is 62.4 Å². The third kappa shape index (κ3) is 5.50. The Morgan fingerprint density at radius 1 is 0.757 bits per heavy atom. The lowest BCUT2D eigenvalue weighted by Crippen LogP contribution is -2.37. The first-order valence-electron chi connectivity index (χ1n) is 10.8. The molecule has 0 aliphatic rings. The molecule has 0 aromatic heterocycles. The van der Waals surface area contributed by atoms with E-state index in [4.69, 9.17) is 39.5 Å². The van der Waals surface area contributed by atoms with Crippen LogP contribution in [0.15, 0.2) is 95.9 Å². The fourth-order valence-corrected chi connectivity index (χ4v) is 5.61. The molecule has 0 saturated carbocycles. The highest BCUT2D eigenvalue weighted by atomic mass is 35.5. The van der Waals surface area contributed by atoms with E-state index in [2.05, 4.69) is 0 Å². The smallest absolute Gasteiger partial charge is 0.343 e. The zero-order valence-corrected chi connectivity index (χ0v) is 22.3. The Labute approximate surface area is 229 Å². The number of aryl methyl sites for hydroxylation is 1. The number of amides is 1. The first-order valence-corrected chi connectivity index (χ1v) is 13.3. The second-order valence-electron chi connectivity index (χ2n) is 7.84. The summed E-state index contributed by atoms with van der Waals surface area (Å²) in [6.07, 6.45) is 0. The van der Waals surface area contributed by atoms with Crippen LogP contribution in [0.3, 0.4) is 0 Å². The third-order valence-corrected chi connectivity index (χ3v) is 8.12. The van der Waals surface area contributed by atoms with E-state index in [9.17, 15) is 18.0 Å². The van der Waals surface area contributed by atoms with Gasteiger partial charge in [-0.15, -0.1) is 0 Å². The third-order valence-electron chi connectivity index (χ3n) is 5.28. The Bertz CT molecular complexity index is 1580. The van der Waals surface area contributed by atoms with Crippen LogP contribution in [0, 0.1) is 6.92 Å². The summed E-state index contributed by atoms with van der Waals surface area (Å²) in [7, 11) is -4.48. The lowest BCUT2D eigenvalue weighted by Gasteiger charge is -2.25. The standard InChI is InChI=1S/C27H18Cl3NO5S/c1-17-12-14-20(15-13-17)37(34,35)31(26(32)18-8-4-2-5-9-18)22-16-21(28)25(24(30)23(22)29)36-27(33)19-10-6-3-7-11-19/h2-16H,1H3. The number of nitrogens with zero attached hydrogens (tertiary/aromatic N) is 1. The minimum Gasteiger partial charge on any atom is -0.420 e. The van der Waals surface area contributed by atoms with Gasteiger partial charge < -0.3 is 4.74 Å². The highest BCUT2D eigenvalue weighted by molar-refractivity contribution is 7.93. The van der Waals surface area contributed by atoms with Crippen molar-refractivity contribution in [1.82, 2.24) is 0 Å². The van der Waals surface area contributed by atoms with Crippen LogP contribution in [0.25, 0.3) is 0 Å². The molecule has 4 aromatic rings. The number of esters is 1. The molecule has 4 rings (SSSR count). The number of ether oxygens (including phenoxy) is 1. The maximum Gasteiger partial charge on any atom is 0.343 e. The second kappa shape index (κ2) is 10.9. The van der Waals surface area contributed by atoms with E-state index in [1.807, 2.05) is 0 Å². The summed E-state index contributed by atoms with van der Waals surface area (Å²) in [5.41, 5.74) is 0.845. The zero-order chi connectivity index (χ0) is 26.7. The number of hydrogen-bond acceptors (Lipinski definition) is 5. The molecule has 0 saturated heterocycles. The monoisotopic (exact) mass is 573 g/mol. The van der Waals surface area contributed by atoms with Gasteiger partial charge >= 0.3 is 5.97 Å². The fourth-order valence-electron chi connectivity index (χ4n) is 3.39. The van der Waals surface area contributed by atoms with Crippen LogP contribution in [0.1, 0.15) is 26.3 Å². The van der Waals surface area contributed by atoms with Crippen LogP contribution >= 0.6 is 34.8 Å². The summed E-state index contributed by atoms with van der Waals surface area (Å²) in [6, 6.07) is 23.0. The normalized spacial score (nSPS) is 11.1. The van der Waals surface area contributed by atoms with Crippen molar-refractivity contribution in [3.8, 4) is 5.75 Å². The van der Waals surface area contributed by atoms with Crippen molar-refractivity contribution < 1.29 is 22.7 Å². The second-order valence-corrected chi connectivity index (χ2v) is 10.8. The van der Waals surface area contributed by atoms with E-state index < -0.39 is 21.9 Å². The Hall–Kier alpha value is -3.36. The number of carbonyl (C=O) groups excluding carboxylic acids is 2. The van der Waals surface area contributed by atoms with Gasteiger partial charge in [-0.2, -0.15) is 4.31 Å². The molecule has 0 aliphatic heterocycles. The molecule has 0 aliphatic carbocycles. The lowest BCUT2D eigenvalue weighted by atomic mass is 10.2. The SMILES string of the molecule is Cc1ccc(S(=O)(=O)N(C(=O)c2ccccc2)c2cc(Cl)c(OC(=O)c3ccccc3)c(Cl)c2Cl)cc1. The Balaban J connectivity index is 1.85. The van der Waals surface area contributed by atoms with Crippen LogP contribution in [0.5, 0.6) is 5.75 Å². The molecule has 0 atom stereocenters. The molecule has 0 fully saturated rings. The van der Waals surface area contributed by atoms with Crippen molar-refractivity contribution in [2.24, 2.45) is 0 Å². The number of anilines is 1. The van der Waals surface area contributed by atoms with Crippen molar-refractivity contribution in [3.63, 3.8) is 0 Å². The van der Waals surface area contributed by atoms with Crippen molar-refractivity contribution in [3.05, 3.63) is 123 Å². The maximum atomic E-state index is 13.8. The molecule has 0 unspecified atom stereocenters. The summed E-state index contributed by atoms with van der Waals surface area (Å²) in [6.45, 7) is 1.80. The Morgan fingerprint density at radius 2 is 1.30 bits per heavy atom. The minimum absolute atomic E-state index is 0.0843. The Morgan fingerprint density at radius 3 is 1.86 bits per heavy atom. The summed E-state index contributed by atoms with van der Waals surface area (Å²) in [4.78, 5) is 26.0. The van der Waals surface area contributed by atoms with Crippen molar-refractivity contribution in [1.29, 1.82) is 0 Å². The van der Waals surface area contributed by atoms with Gasteiger partial charge in [0.1, 0.15) is 5.02 Å². The number of carbonyl (C=O) groups is 2. The zero-order valence-electron chi connectivity index (χ0n) is 19.2. The molecule has 0 N–H and O–H groups in total. The van der Waals surface area contributed by atoms with E-state index in [1.165, 1.54) is 36.4 Å². The number of benzene rings is 4. The summed E-state index contributed by atoms with van der Waals surface area (Å²) in [5, 5.41) is -0.904. The predicted molar refractivity (Wildman–Crippen MR) is 144 cm³/mol. The molecule has 0 radical (unpaired) electrons. The minimum atomic E-state index is -4.48. The van der Waals surface area contributed by atoms with Crippen molar-refractivity contribution in [2.45, 2.75) is 11.8 Å². The predicted octanol–water partition coefficient (Wildman–Crippen LogP) is 7.21. The summed E-state index contributed by atoms with van der Waals surface area (Å²) in [5.74, 6) is -1.91. The maximum absolute atomic E-state index is 13.8. The van der Waals surface area contributed by atoms with Crippen LogP contribution in [0.2, 0.25) is 15.1 Å². The number of rotatable bonds is 6. The number of sulfonamides is 1. The largest absolute Gasteiger partial charge is 0.420 e. The fraction of sp³-hybridized carbons (Fsp3) is 0.0370. The molecule has 10 heteroatoms. The molecule has 188 valence electrons. The summed E-state index contributed by atoms with van der Waals surface area (Å²) >= 11 is 19.3. The van der Waals surface area contributed by atoms with Crippen LogP contribution in [-0.2, 0) is 10.0 Å². The van der Waals surface area contributed by atoms with Gasteiger partial charge in [0, 0.05) is 5.56 Å². The molecule has 37 heavy (non-hydrogen) atoms. The number of hydrogen-bond donors (Lipinski definition) is 0. The highest BCUT2D eigenvalue weighted by Crippen LogP contribution is 2.46. The highest BCUT2D eigenvalue weighted by Gasteiger charge is 2.35. The van der Waals surface area contributed by atoms with Gasteiger partial charge in [0.25, 0.3) is 15.9 Å². The summed E-state index contributed by atoms with van der Waals surface area (Å²) < 4.78 is 33.4. The van der Waals surface area contributed by atoms with Gasteiger partial charge in [-0.25, -0.2) is 13.2 Å². The van der Waals surface area contributed by atoms with Crippen LogP contribution in [-0.4, -0.2) is 20.3 Å². The van der Waals surface area contributed by atoms with E-state index in [0.29, 0.717) is 4.31 Å². The molecule has 0 bridgehead atoms. The van der Waals surface area contributed by atoms with E-state index >= 15 is 0 Å². The van der Waals surface area contributed by atoms with Gasteiger partial charge in [-0.3, -0.25) is 4.79 Å². The molecule has 4 aromatic carbocycles.